The highest BCUT2D eigenvalue weighted by Gasteiger charge is 2.13. The maximum atomic E-state index is 5.72. The van der Waals surface area contributed by atoms with Gasteiger partial charge in [-0.25, -0.2) is 15.8 Å². The van der Waals surface area contributed by atoms with Crippen LogP contribution in [0.2, 0.25) is 0 Å². The largest absolute Gasteiger partial charge is 0.378 e. The van der Waals surface area contributed by atoms with E-state index in [0.717, 1.165) is 44.1 Å². The molecule has 4 N–H and O–H groups in total. The summed E-state index contributed by atoms with van der Waals surface area (Å²) >= 11 is 0. The van der Waals surface area contributed by atoms with Crippen LogP contribution in [0.1, 0.15) is 44.9 Å². The van der Waals surface area contributed by atoms with Crippen molar-refractivity contribution in [3.05, 3.63) is 11.9 Å². The number of anilines is 2. The number of hydrazine groups is 1. The Kier molecular flexibility index (Phi) is 6.01. The van der Waals surface area contributed by atoms with Crippen LogP contribution in [0.15, 0.2) is 6.07 Å². The first-order valence-corrected chi connectivity index (χ1v) is 7.52. The molecule has 1 aromatic heterocycles. The third kappa shape index (κ3) is 4.61. The summed E-state index contributed by atoms with van der Waals surface area (Å²) in [5, 5.41) is 3.34. The molecule has 0 bridgehead atoms. The zero-order valence-corrected chi connectivity index (χ0v) is 12.2. The van der Waals surface area contributed by atoms with E-state index in [0.29, 0.717) is 11.9 Å². The van der Waals surface area contributed by atoms with Crippen molar-refractivity contribution >= 4 is 11.6 Å². The molecule has 6 nitrogen and oxygen atoms in total. The molecule has 6 heteroatoms. The second kappa shape index (κ2) is 8.01. The molecule has 112 valence electrons. The molecule has 0 aromatic carbocycles. The summed E-state index contributed by atoms with van der Waals surface area (Å²) in [7, 11) is 0. The highest BCUT2D eigenvalue weighted by atomic mass is 16.5. The Bertz CT molecular complexity index is 407. The van der Waals surface area contributed by atoms with Crippen LogP contribution in [0.3, 0.4) is 0 Å². The number of aromatic nitrogens is 2. The van der Waals surface area contributed by atoms with Crippen molar-refractivity contribution in [3.8, 4) is 0 Å². The van der Waals surface area contributed by atoms with E-state index in [4.69, 9.17) is 10.6 Å². The average Bonchev–Trinajstić information content (AvgIpc) is 2.48. The summed E-state index contributed by atoms with van der Waals surface area (Å²) in [6.45, 7) is 3.87. The fourth-order valence-electron chi connectivity index (χ4n) is 2.39. The van der Waals surface area contributed by atoms with Crippen LogP contribution in [0.5, 0.6) is 0 Å². The monoisotopic (exact) mass is 279 g/mol. The molecule has 1 atom stereocenters. The number of nitrogen functional groups attached to an aromatic ring is 1. The van der Waals surface area contributed by atoms with Crippen LogP contribution in [0.25, 0.3) is 0 Å². The van der Waals surface area contributed by atoms with Gasteiger partial charge >= 0.3 is 0 Å². The fraction of sp³-hybridized carbons (Fsp3) is 0.714. The lowest BCUT2D eigenvalue weighted by Gasteiger charge is -2.22. The Hall–Kier alpha value is -1.40. The van der Waals surface area contributed by atoms with Crippen LogP contribution < -0.4 is 16.6 Å². The molecule has 0 aliphatic carbocycles. The maximum Gasteiger partial charge on any atom is 0.145 e. The van der Waals surface area contributed by atoms with Gasteiger partial charge in [-0.3, -0.25) is 0 Å². The Balaban J connectivity index is 1.85. The normalized spacial score (nSPS) is 18.8. The molecule has 1 aliphatic rings. The number of nitrogens with two attached hydrogens (primary N) is 1. The number of aryl methyl sites for hydroxylation is 1. The summed E-state index contributed by atoms with van der Waals surface area (Å²) in [6.07, 6.45) is 6.92. The Labute approximate surface area is 120 Å². The number of hydrogen-bond donors (Lipinski definition) is 3. The third-order valence-electron chi connectivity index (χ3n) is 3.44. The van der Waals surface area contributed by atoms with Crippen LogP contribution in [0.4, 0.5) is 11.6 Å². The highest BCUT2D eigenvalue weighted by molar-refractivity contribution is 5.46. The zero-order chi connectivity index (χ0) is 14.2. The van der Waals surface area contributed by atoms with Gasteiger partial charge in [0.05, 0.1) is 6.10 Å². The van der Waals surface area contributed by atoms with Gasteiger partial charge in [0.2, 0.25) is 0 Å². The third-order valence-corrected chi connectivity index (χ3v) is 3.44. The summed E-state index contributed by atoms with van der Waals surface area (Å²) in [6, 6.07) is 1.83. The van der Waals surface area contributed by atoms with Gasteiger partial charge in [0.1, 0.15) is 17.5 Å². The summed E-state index contributed by atoms with van der Waals surface area (Å²) in [5.74, 6) is 7.74. The molecule has 1 saturated heterocycles. The van der Waals surface area contributed by atoms with E-state index in [-0.39, 0.29) is 0 Å². The Morgan fingerprint density at radius 1 is 1.35 bits per heavy atom. The molecule has 1 aliphatic heterocycles. The molecule has 0 saturated carbocycles. The van der Waals surface area contributed by atoms with Crippen molar-refractivity contribution in [2.45, 2.75) is 51.6 Å². The molecule has 20 heavy (non-hydrogen) atoms. The minimum atomic E-state index is 0.389. The quantitative estimate of drug-likeness (QED) is 0.523. The van der Waals surface area contributed by atoms with E-state index < -0.39 is 0 Å². The van der Waals surface area contributed by atoms with Gasteiger partial charge in [-0.05, 0) is 32.1 Å². The van der Waals surface area contributed by atoms with Crippen molar-refractivity contribution < 1.29 is 4.74 Å². The second-order valence-electron chi connectivity index (χ2n) is 5.15. The molecule has 2 heterocycles. The Morgan fingerprint density at radius 3 is 2.90 bits per heavy atom. The fourth-order valence-corrected chi connectivity index (χ4v) is 2.39. The maximum absolute atomic E-state index is 5.72. The lowest BCUT2D eigenvalue weighted by atomic mass is 10.1. The minimum Gasteiger partial charge on any atom is -0.378 e. The van der Waals surface area contributed by atoms with Crippen molar-refractivity contribution in [2.24, 2.45) is 5.84 Å². The van der Waals surface area contributed by atoms with Gasteiger partial charge in [-0.2, -0.15) is 0 Å². The smallest absolute Gasteiger partial charge is 0.145 e. The van der Waals surface area contributed by atoms with Crippen LogP contribution in [-0.2, 0) is 11.2 Å². The van der Waals surface area contributed by atoms with Gasteiger partial charge in [-0.1, -0.05) is 6.92 Å². The van der Waals surface area contributed by atoms with Crippen molar-refractivity contribution in [2.75, 3.05) is 23.9 Å². The standard InChI is InChI=1S/C14H25N5O/c1-2-5-12-17-13(10-14(18-12)19-15)16-8-7-11-6-3-4-9-20-11/h10-11H,2-9,15H2,1H3,(H2,16,17,18,19). The minimum absolute atomic E-state index is 0.389. The molecule has 1 fully saturated rings. The molecule has 0 spiro atoms. The number of ether oxygens (including phenoxy) is 1. The number of nitrogens with zero attached hydrogens (tertiary/aromatic N) is 2. The molecule has 1 unspecified atom stereocenters. The first-order valence-electron chi connectivity index (χ1n) is 7.52. The predicted molar refractivity (Wildman–Crippen MR) is 80.5 cm³/mol. The van der Waals surface area contributed by atoms with E-state index in [2.05, 4.69) is 27.6 Å². The molecule has 0 amide bonds. The van der Waals surface area contributed by atoms with Gasteiger partial charge in [-0.15, -0.1) is 0 Å². The summed E-state index contributed by atoms with van der Waals surface area (Å²) in [5.41, 5.74) is 2.59. The van der Waals surface area contributed by atoms with Crippen LogP contribution in [0, 0.1) is 0 Å². The summed E-state index contributed by atoms with van der Waals surface area (Å²) in [4.78, 5) is 8.82. The number of nitrogens with one attached hydrogen (secondary N) is 2. The van der Waals surface area contributed by atoms with Crippen molar-refractivity contribution in [3.63, 3.8) is 0 Å². The van der Waals surface area contributed by atoms with Gasteiger partial charge < -0.3 is 15.5 Å². The van der Waals surface area contributed by atoms with E-state index in [1.54, 1.807) is 0 Å². The second-order valence-corrected chi connectivity index (χ2v) is 5.15. The number of hydrogen-bond acceptors (Lipinski definition) is 6. The van der Waals surface area contributed by atoms with E-state index in [1.807, 2.05) is 6.07 Å². The molecular formula is C14H25N5O. The van der Waals surface area contributed by atoms with Gasteiger partial charge in [0.25, 0.3) is 0 Å². The topological polar surface area (TPSA) is 85.1 Å². The Morgan fingerprint density at radius 2 is 2.20 bits per heavy atom. The lowest BCUT2D eigenvalue weighted by Crippen LogP contribution is -2.22. The van der Waals surface area contributed by atoms with E-state index in [9.17, 15) is 0 Å². The lowest BCUT2D eigenvalue weighted by molar-refractivity contribution is 0.0134. The molecular weight excluding hydrogens is 254 g/mol. The van der Waals surface area contributed by atoms with E-state index in [1.165, 1.54) is 19.3 Å². The molecule has 2 rings (SSSR count). The molecule has 0 radical (unpaired) electrons. The number of rotatable bonds is 7. The zero-order valence-electron chi connectivity index (χ0n) is 12.2. The van der Waals surface area contributed by atoms with Gasteiger partial charge in [0.15, 0.2) is 0 Å². The van der Waals surface area contributed by atoms with E-state index >= 15 is 0 Å². The molecule has 1 aromatic rings. The van der Waals surface area contributed by atoms with Crippen molar-refractivity contribution in [1.29, 1.82) is 0 Å². The van der Waals surface area contributed by atoms with Gasteiger partial charge in [0, 0.05) is 25.6 Å². The highest BCUT2D eigenvalue weighted by Crippen LogP contribution is 2.16. The van der Waals surface area contributed by atoms with Crippen molar-refractivity contribution in [1.82, 2.24) is 9.97 Å². The van der Waals surface area contributed by atoms with Crippen LogP contribution in [-0.4, -0.2) is 29.2 Å². The first-order chi connectivity index (χ1) is 9.81. The predicted octanol–water partition coefficient (Wildman–Crippen LogP) is 2.09. The first kappa shape index (κ1) is 15.0. The SMILES string of the molecule is CCCc1nc(NN)cc(NCCC2CCCCO2)n1. The van der Waals surface area contributed by atoms with Crippen LogP contribution >= 0.6 is 0 Å². The summed E-state index contributed by atoms with van der Waals surface area (Å²) < 4.78 is 5.72. The average molecular weight is 279 g/mol.